The van der Waals surface area contributed by atoms with E-state index in [0.29, 0.717) is 25.9 Å². The van der Waals surface area contributed by atoms with Crippen LogP contribution in [-0.4, -0.2) is 54.2 Å². The molecule has 0 atom stereocenters. The highest BCUT2D eigenvalue weighted by atomic mass is 16.7. The van der Waals surface area contributed by atoms with Crippen molar-refractivity contribution in [1.82, 2.24) is 10.1 Å². The molecule has 0 radical (unpaired) electrons. The number of piperidine rings is 1. The second-order valence-corrected chi connectivity index (χ2v) is 8.94. The Kier molecular flexibility index (Phi) is 7.66. The van der Waals surface area contributed by atoms with Crippen LogP contribution in [0.15, 0.2) is 12.1 Å². The molecule has 1 amide bonds. The number of hydrogen-bond donors (Lipinski definition) is 0. The molecule has 3 rings (SSSR count). The third-order valence-corrected chi connectivity index (χ3v) is 6.67. The lowest BCUT2D eigenvalue weighted by molar-refractivity contribution is -0.258. The van der Waals surface area contributed by atoms with E-state index in [1.807, 2.05) is 18.9 Å². The Morgan fingerprint density at radius 2 is 1.73 bits per heavy atom. The van der Waals surface area contributed by atoms with Gasteiger partial charge in [-0.15, -0.1) is 0 Å². The van der Waals surface area contributed by atoms with Crippen LogP contribution in [0.4, 0.5) is 0 Å². The van der Waals surface area contributed by atoms with Crippen LogP contribution in [-0.2, 0) is 25.7 Å². The highest BCUT2D eigenvalue weighted by molar-refractivity contribution is 5.83. The number of hydroxylamine groups is 4. The average molecular weight is 417 g/mol. The first-order valence-corrected chi connectivity index (χ1v) is 11.2. The Hall–Kier alpha value is -1.76. The minimum atomic E-state index is -0.934. The molecular weight excluding hydrogens is 380 g/mol. The topological polar surface area (TPSA) is 59.1 Å². The number of nitrogens with zero attached hydrogens (tertiary/aromatic N) is 2. The Bertz CT molecular complexity index is 727. The van der Waals surface area contributed by atoms with Gasteiger partial charge in [0.15, 0.2) is 0 Å². The van der Waals surface area contributed by atoms with Gasteiger partial charge >= 0.3 is 0 Å². The van der Waals surface area contributed by atoms with Crippen LogP contribution in [0.3, 0.4) is 0 Å². The zero-order chi connectivity index (χ0) is 21.7. The maximum atomic E-state index is 13.6. The van der Waals surface area contributed by atoms with Crippen LogP contribution >= 0.6 is 0 Å². The summed E-state index contributed by atoms with van der Waals surface area (Å²) in [7, 11) is 1.64. The van der Waals surface area contributed by atoms with Crippen LogP contribution in [0.1, 0.15) is 67.2 Å². The number of aryl methyl sites for hydroxylation is 3. The van der Waals surface area contributed by atoms with E-state index in [9.17, 15) is 9.59 Å². The molecule has 1 aliphatic heterocycles. The number of hydrogen-bond acceptors (Lipinski definition) is 5. The number of carbonyl (C=O) groups excluding carboxylic acids is 2. The first kappa shape index (κ1) is 22.9. The highest BCUT2D eigenvalue weighted by Crippen LogP contribution is 2.32. The molecule has 6 heteroatoms. The number of carbonyl (C=O) groups is 2. The third-order valence-electron chi connectivity index (χ3n) is 6.67. The van der Waals surface area contributed by atoms with Gasteiger partial charge in [-0.25, -0.2) is 5.06 Å². The molecule has 166 valence electrons. The van der Waals surface area contributed by atoms with Crippen molar-refractivity contribution in [1.29, 1.82) is 0 Å². The van der Waals surface area contributed by atoms with Gasteiger partial charge in [0, 0.05) is 13.1 Å². The molecular formula is C24H36N2O4. The smallest absolute Gasteiger partial charge is 0.251 e. The summed E-state index contributed by atoms with van der Waals surface area (Å²) in [5.41, 5.74) is 3.49. The fourth-order valence-electron chi connectivity index (χ4n) is 4.87. The van der Waals surface area contributed by atoms with E-state index in [1.165, 1.54) is 17.0 Å². The molecule has 0 spiro atoms. The second kappa shape index (κ2) is 10.0. The van der Waals surface area contributed by atoms with Gasteiger partial charge in [-0.1, -0.05) is 37.0 Å². The van der Waals surface area contributed by atoms with Gasteiger partial charge in [0.2, 0.25) is 0 Å². The SMILES string of the molecule is CON1CCC(C=O)(N(OC2CCCCC2)C(=O)Cc2c(C)cc(C)cc2C)CC1. The van der Waals surface area contributed by atoms with Crippen molar-refractivity contribution in [2.75, 3.05) is 20.2 Å². The molecule has 1 aliphatic carbocycles. The fourth-order valence-corrected chi connectivity index (χ4v) is 4.87. The maximum absolute atomic E-state index is 13.6. The number of benzene rings is 1. The molecule has 1 heterocycles. The second-order valence-electron chi connectivity index (χ2n) is 8.94. The van der Waals surface area contributed by atoms with Crippen LogP contribution < -0.4 is 0 Å². The van der Waals surface area contributed by atoms with Crippen LogP contribution in [0.2, 0.25) is 0 Å². The summed E-state index contributed by atoms with van der Waals surface area (Å²) in [5.74, 6) is -0.131. The van der Waals surface area contributed by atoms with Gasteiger partial charge in [0.25, 0.3) is 5.91 Å². The standard InChI is InChI=1S/C24H36N2O4/c1-18-14-19(2)22(20(3)15-18)16-23(28)26(30-21-8-6-5-7-9-21)24(17-27)10-12-25(29-4)13-11-24/h14-15,17,21H,5-13,16H2,1-4H3. The average Bonchev–Trinajstić information content (AvgIpc) is 2.75. The van der Waals surface area contributed by atoms with Crippen LogP contribution in [0.5, 0.6) is 0 Å². The van der Waals surface area contributed by atoms with Gasteiger partial charge in [-0.05, 0) is 63.1 Å². The molecule has 30 heavy (non-hydrogen) atoms. The van der Waals surface area contributed by atoms with Crippen LogP contribution in [0, 0.1) is 20.8 Å². The Labute approximate surface area is 180 Å². The van der Waals surface area contributed by atoms with Gasteiger partial charge in [-0.2, -0.15) is 5.06 Å². The zero-order valence-corrected chi connectivity index (χ0v) is 18.9. The summed E-state index contributed by atoms with van der Waals surface area (Å²) in [5, 5.41) is 3.29. The Morgan fingerprint density at radius 1 is 1.13 bits per heavy atom. The molecule has 1 aromatic carbocycles. The molecule has 6 nitrogen and oxygen atoms in total. The van der Waals surface area contributed by atoms with Crippen molar-refractivity contribution in [3.63, 3.8) is 0 Å². The molecule has 1 aromatic rings. The quantitative estimate of drug-likeness (QED) is 0.499. The van der Waals surface area contributed by atoms with Gasteiger partial charge in [0.05, 0.1) is 19.6 Å². The Morgan fingerprint density at radius 3 is 2.27 bits per heavy atom. The van der Waals surface area contributed by atoms with Crippen molar-refractivity contribution in [2.24, 2.45) is 0 Å². The summed E-state index contributed by atoms with van der Waals surface area (Å²) in [4.78, 5) is 37.6. The summed E-state index contributed by atoms with van der Waals surface area (Å²) in [6.07, 6.45) is 7.48. The van der Waals surface area contributed by atoms with Crippen molar-refractivity contribution in [3.8, 4) is 0 Å². The predicted octanol–water partition coefficient (Wildman–Crippen LogP) is 3.84. The molecule has 0 unspecified atom stereocenters. The Balaban J connectivity index is 1.86. The normalized spacial score (nSPS) is 20.1. The molecule has 2 aliphatic rings. The fraction of sp³-hybridized carbons (Fsp3) is 0.667. The highest BCUT2D eigenvalue weighted by Gasteiger charge is 2.45. The van der Waals surface area contributed by atoms with E-state index in [-0.39, 0.29) is 18.4 Å². The van der Waals surface area contributed by atoms with Crippen molar-refractivity contribution in [3.05, 3.63) is 34.4 Å². The van der Waals surface area contributed by atoms with E-state index in [4.69, 9.17) is 9.68 Å². The molecule has 0 N–H and O–H groups in total. The van der Waals surface area contributed by atoms with Crippen molar-refractivity contribution < 1.29 is 19.3 Å². The molecule has 1 saturated carbocycles. The molecule has 0 bridgehead atoms. The minimum absolute atomic E-state index is 0.000177. The summed E-state index contributed by atoms with van der Waals surface area (Å²) in [6.45, 7) is 7.34. The first-order valence-electron chi connectivity index (χ1n) is 11.2. The summed E-state index contributed by atoms with van der Waals surface area (Å²) < 4.78 is 0. The third kappa shape index (κ3) is 5.10. The molecule has 2 fully saturated rings. The van der Waals surface area contributed by atoms with E-state index in [1.54, 1.807) is 7.11 Å². The maximum Gasteiger partial charge on any atom is 0.251 e. The summed E-state index contributed by atoms with van der Waals surface area (Å²) in [6, 6.07) is 4.21. The van der Waals surface area contributed by atoms with Crippen molar-refractivity contribution >= 4 is 12.2 Å². The largest absolute Gasteiger partial charge is 0.302 e. The van der Waals surface area contributed by atoms with E-state index in [2.05, 4.69) is 19.1 Å². The van der Waals surface area contributed by atoms with E-state index in [0.717, 1.165) is 48.7 Å². The monoisotopic (exact) mass is 416 g/mol. The molecule has 0 aromatic heterocycles. The lowest BCUT2D eigenvalue weighted by atomic mass is 9.88. The van der Waals surface area contributed by atoms with E-state index < -0.39 is 5.54 Å². The van der Waals surface area contributed by atoms with Crippen molar-refractivity contribution in [2.45, 2.75) is 83.8 Å². The van der Waals surface area contributed by atoms with Gasteiger partial charge in [0.1, 0.15) is 11.8 Å². The van der Waals surface area contributed by atoms with E-state index >= 15 is 0 Å². The van der Waals surface area contributed by atoms with Crippen LogP contribution in [0.25, 0.3) is 0 Å². The first-order chi connectivity index (χ1) is 14.4. The van der Waals surface area contributed by atoms with Gasteiger partial charge < -0.3 is 9.63 Å². The molecule has 1 saturated heterocycles. The number of amides is 1. The number of aldehydes is 1. The zero-order valence-electron chi connectivity index (χ0n) is 18.9. The number of rotatable bonds is 7. The minimum Gasteiger partial charge on any atom is -0.302 e. The lowest BCUT2D eigenvalue weighted by Crippen LogP contribution is -2.59. The predicted molar refractivity (Wildman–Crippen MR) is 116 cm³/mol. The van der Waals surface area contributed by atoms with Gasteiger partial charge in [-0.3, -0.25) is 9.63 Å². The summed E-state index contributed by atoms with van der Waals surface area (Å²) >= 11 is 0. The lowest BCUT2D eigenvalue weighted by Gasteiger charge is -2.45.